The SMILES string of the molecule is COc1cc(OC)cc(C(=O)c2cn(C(=O)OC(C)(C)C)c3nc(Nc4ccc(N5CCOCC5)cc4N)ccc23)c1. The number of benzene rings is 2. The summed E-state index contributed by atoms with van der Waals surface area (Å²) in [5, 5.41) is 3.73. The van der Waals surface area contributed by atoms with Gasteiger partial charge < -0.3 is 34.9 Å². The normalized spacial score (nSPS) is 13.6. The van der Waals surface area contributed by atoms with E-state index in [4.69, 9.17) is 29.7 Å². The number of hydrogen-bond acceptors (Lipinski definition) is 10. The van der Waals surface area contributed by atoms with Crippen LogP contribution in [0, 0.1) is 0 Å². The molecule has 5 rings (SSSR count). The molecule has 2 aromatic carbocycles. The number of hydrogen-bond donors (Lipinski definition) is 2. The lowest BCUT2D eigenvalue weighted by atomic mass is 10.0. The number of nitrogens with zero attached hydrogens (tertiary/aromatic N) is 3. The quantitative estimate of drug-likeness (QED) is 0.224. The molecule has 0 atom stereocenters. The number of ether oxygens (including phenoxy) is 4. The van der Waals surface area contributed by atoms with E-state index < -0.39 is 11.7 Å². The highest BCUT2D eigenvalue weighted by Crippen LogP contribution is 2.32. The third kappa shape index (κ3) is 6.10. The lowest BCUT2D eigenvalue weighted by Gasteiger charge is -2.29. The van der Waals surface area contributed by atoms with Gasteiger partial charge in [-0.05, 0) is 63.2 Å². The number of nitrogens with two attached hydrogens (primary N) is 1. The molecule has 0 spiro atoms. The topological polar surface area (TPSA) is 130 Å². The van der Waals surface area contributed by atoms with Gasteiger partial charge in [-0.3, -0.25) is 4.79 Å². The summed E-state index contributed by atoms with van der Waals surface area (Å²) in [6.45, 7) is 8.28. The predicted molar refractivity (Wildman–Crippen MR) is 162 cm³/mol. The average Bonchev–Trinajstić information content (AvgIpc) is 3.36. The van der Waals surface area contributed by atoms with Crippen LogP contribution in [0.15, 0.2) is 54.7 Å². The summed E-state index contributed by atoms with van der Waals surface area (Å²) in [6.07, 6.45) is 0.795. The molecule has 11 heteroatoms. The second-order valence-corrected chi connectivity index (χ2v) is 10.9. The molecule has 0 amide bonds. The molecule has 4 aromatic rings. The first-order valence-corrected chi connectivity index (χ1v) is 13.6. The number of ketones is 1. The molecular weight excluding hydrogens is 538 g/mol. The molecule has 1 aliphatic rings. The van der Waals surface area contributed by atoms with Crippen LogP contribution in [0.4, 0.5) is 27.7 Å². The summed E-state index contributed by atoms with van der Waals surface area (Å²) < 4.78 is 23.0. The summed E-state index contributed by atoms with van der Waals surface area (Å²) in [6, 6.07) is 14.2. The van der Waals surface area contributed by atoms with Crippen molar-refractivity contribution in [3.05, 3.63) is 65.9 Å². The van der Waals surface area contributed by atoms with Crippen LogP contribution in [-0.4, -0.2) is 67.6 Å². The second-order valence-electron chi connectivity index (χ2n) is 10.9. The van der Waals surface area contributed by atoms with Crippen molar-refractivity contribution in [3.8, 4) is 11.5 Å². The Labute approximate surface area is 244 Å². The van der Waals surface area contributed by atoms with E-state index in [1.54, 1.807) is 51.1 Å². The fourth-order valence-electron chi connectivity index (χ4n) is 4.72. The maximum absolute atomic E-state index is 13.8. The van der Waals surface area contributed by atoms with Crippen molar-refractivity contribution in [2.45, 2.75) is 26.4 Å². The van der Waals surface area contributed by atoms with E-state index in [0.717, 1.165) is 18.8 Å². The molecule has 0 bridgehead atoms. The largest absolute Gasteiger partial charge is 0.497 e. The van der Waals surface area contributed by atoms with Gasteiger partial charge in [-0.1, -0.05) is 0 Å². The molecule has 220 valence electrons. The van der Waals surface area contributed by atoms with Crippen LogP contribution < -0.4 is 25.4 Å². The molecular formula is C31H35N5O6. The highest BCUT2D eigenvalue weighted by molar-refractivity contribution is 6.17. The van der Waals surface area contributed by atoms with Crippen LogP contribution in [0.2, 0.25) is 0 Å². The van der Waals surface area contributed by atoms with E-state index in [1.165, 1.54) is 25.0 Å². The molecule has 11 nitrogen and oxygen atoms in total. The fourth-order valence-corrected chi connectivity index (χ4v) is 4.72. The van der Waals surface area contributed by atoms with Gasteiger partial charge in [0.15, 0.2) is 11.4 Å². The van der Waals surface area contributed by atoms with Crippen LogP contribution in [0.1, 0.15) is 36.7 Å². The summed E-state index contributed by atoms with van der Waals surface area (Å²) in [5.74, 6) is 1.05. The van der Waals surface area contributed by atoms with Crippen molar-refractivity contribution in [1.82, 2.24) is 9.55 Å². The predicted octanol–water partition coefficient (Wildman–Crippen LogP) is 5.23. The van der Waals surface area contributed by atoms with E-state index in [0.29, 0.717) is 52.9 Å². The van der Waals surface area contributed by atoms with Gasteiger partial charge >= 0.3 is 6.09 Å². The summed E-state index contributed by atoms with van der Waals surface area (Å²) in [5.41, 5.74) is 8.74. The minimum absolute atomic E-state index is 0.260. The van der Waals surface area contributed by atoms with Crippen molar-refractivity contribution >= 4 is 45.8 Å². The summed E-state index contributed by atoms with van der Waals surface area (Å²) >= 11 is 0. The number of rotatable bonds is 7. The number of nitrogens with one attached hydrogen (secondary N) is 1. The zero-order chi connectivity index (χ0) is 30.0. The van der Waals surface area contributed by atoms with Gasteiger partial charge in [0.1, 0.15) is 22.9 Å². The molecule has 0 unspecified atom stereocenters. The molecule has 0 saturated carbocycles. The molecule has 0 aliphatic carbocycles. The fraction of sp³-hybridized carbons (Fsp3) is 0.323. The molecule has 1 fully saturated rings. The molecule has 3 N–H and O–H groups in total. The number of carbonyl (C=O) groups excluding carboxylic acids is 2. The molecule has 1 saturated heterocycles. The lowest BCUT2D eigenvalue weighted by molar-refractivity contribution is 0.0543. The van der Waals surface area contributed by atoms with E-state index in [9.17, 15) is 9.59 Å². The van der Waals surface area contributed by atoms with Gasteiger partial charge in [0, 0.05) is 42.0 Å². The van der Waals surface area contributed by atoms with E-state index >= 15 is 0 Å². The van der Waals surface area contributed by atoms with Crippen molar-refractivity contribution in [2.75, 3.05) is 56.5 Å². The van der Waals surface area contributed by atoms with E-state index in [-0.39, 0.29) is 17.0 Å². The summed E-state index contributed by atoms with van der Waals surface area (Å²) in [7, 11) is 3.03. The Bertz CT molecular complexity index is 1610. The third-order valence-electron chi connectivity index (χ3n) is 6.77. The zero-order valence-corrected chi connectivity index (χ0v) is 24.4. The highest BCUT2D eigenvalue weighted by atomic mass is 16.6. The monoisotopic (exact) mass is 573 g/mol. The molecule has 0 radical (unpaired) electrons. The first-order chi connectivity index (χ1) is 20.1. The highest BCUT2D eigenvalue weighted by Gasteiger charge is 2.25. The van der Waals surface area contributed by atoms with Gasteiger partial charge in [-0.15, -0.1) is 0 Å². The van der Waals surface area contributed by atoms with Crippen LogP contribution in [0.3, 0.4) is 0 Å². The first kappa shape index (κ1) is 28.7. The molecule has 1 aliphatic heterocycles. The lowest BCUT2D eigenvalue weighted by Crippen LogP contribution is -2.36. The number of methoxy groups -OCH3 is 2. The number of morpholine rings is 1. The van der Waals surface area contributed by atoms with Crippen molar-refractivity contribution in [3.63, 3.8) is 0 Å². The maximum Gasteiger partial charge on any atom is 0.420 e. The molecule has 2 aromatic heterocycles. The van der Waals surface area contributed by atoms with Crippen LogP contribution in [-0.2, 0) is 9.47 Å². The average molecular weight is 574 g/mol. The Morgan fingerprint density at radius 3 is 2.29 bits per heavy atom. The first-order valence-electron chi connectivity index (χ1n) is 13.6. The van der Waals surface area contributed by atoms with Gasteiger partial charge in [-0.2, -0.15) is 0 Å². The summed E-state index contributed by atoms with van der Waals surface area (Å²) in [4.78, 5) is 33.9. The van der Waals surface area contributed by atoms with Crippen molar-refractivity contribution in [1.29, 1.82) is 0 Å². The number of carbonyl (C=O) groups is 2. The Morgan fingerprint density at radius 2 is 1.67 bits per heavy atom. The number of fused-ring (bicyclic) bond motifs is 1. The second kappa shape index (κ2) is 11.6. The Morgan fingerprint density at radius 1 is 0.976 bits per heavy atom. The minimum atomic E-state index is -0.759. The zero-order valence-electron chi connectivity index (χ0n) is 24.4. The van der Waals surface area contributed by atoms with Crippen molar-refractivity contribution in [2.24, 2.45) is 0 Å². The van der Waals surface area contributed by atoms with Crippen LogP contribution in [0.5, 0.6) is 11.5 Å². The Hall–Kier alpha value is -4.77. The van der Waals surface area contributed by atoms with Gasteiger partial charge in [-0.25, -0.2) is 14.3 Å². The third-order valence-corrected chi connectivity index (χ3v) is 6.77. The van der Waals surface area contributed by atoms with Gasteiger partial charge in [0.05, 0.1) is 44.4 Å². The van der Waals surface area contributed by atoms with Gasteiger partial charge in [0.2, 0.25) is 0 Å². The smallest absolute Gasteiger partial charge is 0.420 e. The number of pyridine rings is 1. The van der Waals surface area contributed by atoms with Gasteiger partial charge in [0.25, 0.3) is 0 Å². The Balaban J connectivity index is 1.53. The van der Waals surface area contributed by atoms with E-state index in [1.807, 2.05) is 18.2 Å². The Kier molecular flexibility index (Phi) is 7.95. The van der Waals surface area contributed by atoms with E-state index in [2.05, 4.69) is 10.2 Å². The maximum atomic E-state index is 13.8. The number of nitrogen functional groups attached to an aromatic ring is 1. The molecule has 42 heavy (non-hydrogen) atoms. The van der Waals surface area contributed by atoms with Crippen LogP contribution >= 0.6 is 0 Å². The number of anilines is 4. The standard InChI is InChI=1S/C31H35N5O6/c1-31(2,3)42-30(38)36-18-24(28(37)19-14-21(39-4)17-22(15-19)40-5)23-7-9-27(34-29(23)36)33-26-8-6-20(16-25(26)32)35-10-12-41-13-11-35/h6-9,14-18H,10-13,32H2,1-5H3,(H,33,34). The van der Waals surface area contributed by atoms with Crippen LogP contribution in [0.25, 0.3) is 11.0 Å². The van der Waals surface area contributed by atoms with Crippen molar-refractivity contribution < 1.29 is 28.5 Å². The minimum Gasteiger partial charge on any atom is -0.497 e. The number of aromatic nitrogens is 2. The molecule has 3 heterocycles.